The van der Waals surface area contributed by atoms with E-state index < -0.39 is 18.9 Å². The summed E-state index contributed by atoms with van der Waals surface area (Å²) in [5, 5.41) is 2.17. The van der Waals surface area contributed by atoms with E-state index in [1.807, 2.05) is 30.3 Å². The van der Waals surface area contributed by atoms with Crippen molar-refractivity contribution in [3.63, 3.8) is 0 Å². The first-order valence-corrected chi connectivity index (χ1v) is 7.67. The Labute approximate surface area is 140 Å². The molecule has 3 nitrogen and oxygen atoms in total. The van der Waals surface area contributed by atoms with Crippen LogP contribution in [0.3, 0.4) is 0 Å². The zero-order valence-corrected chi connectivity index (χ0v) is 13.7. The summed E-state index contributed by atoms with van der Waals surface area (Å²) < 4.78 is 30.6. The minimum absolute atomic E-state index is 0.331. The van der Waals surface area contributed by atoms with E-state index in [0.717, 1.165) is 9.13 Å². The molecule has 0 spiro atoms. The third-order valence-corrected chi connectivity index (χ3v) is 3.69. The fourth-order valence-corrected chi connectivity index (χ4v) is 2.44. The molecule has 6 heteroatoms. The average Bonchev–Trinajstić information content (AvgIpc) is 2.52. The lowest BCUT2D eigenvalue weighted by molar-refractivity contribution is 0.0891. The Morgan fingerprint density at radius 2 is 1.91 bits per heavy atom. The standard InChI is InChI=1S/C16H14F2INO2/c17-15(18)9-20-16(21)12-6-7-14(13(19)8-12)22-10-11-4-2-1-3-5-11/h1-8,15H,9-10H2,(H,20,21). The third kappa shape index (κ3) is 4.94. The minimum Gasteiger partial charge on any atom is -0.488 e. The van der Waals surface area contributed by atoms with Crippen molar-refractivity contribution in [2.45, 2.75) is 13.0 Å². The highest BCUT2D eigenvalue weighted by Crippen LogP contribution is 2.23. The van der Waals surface area contributed by atoms with E-state index in [1.165, 1.54) is 0 Å². The molecule has 2 aromatic carbocycles. The molecule has 0 aromatic heterocycles. The average molecular weight is 417 g/mol. The number of carbonyl (C=O) groups is 1. The summed E-state index contributed by atoms with van der Waals surface area (Å²) in [6.45, 7) is -0.227. The minimum atomic E-state index is -2.56. The van der Waals surface area contributed by atoms with Gasteiger partial charge < -0.3 is 10.1 Å². The van der Waals surface area contributed by atoms with E-state index in [-0.39, 0.29) is 0 Å². The van der Waals surface area contributed by atoms with Crippen molar-refractivity contribution in [2.24, 2.45) is 0 Å². The zero-order chi connectivity index (χ0) is 15.9. The molecule has 0 saturated heterocycles. The summed E-state index contributed by atoms with van der Waals surface area (Å²) in [5.41, 5.74) is 1.37. The maximum atomic E-state index is 12.1. The second-order valence-corrected chi connectivity index (χ2v) is 5.68. The summed E-state index contributed by atoms with van der Waals surface area (Å²) in [6.07, 6.45) is -2.56. The van der Waals surface area contributed by atoms with Crippen molar-refractivity contribution in [3.05, 3.63) is 63.2 Å². The van der Waals surface area contributed by atoms with Gasteiger partial charge in [-0.1, -0.05) is 30.3 Å². The molecule has 1 N–H and O–H groups in total. The van der Waals surface area contributed by atoms with E-state index in [0.29, 0.717) is 17.9 Å². The Morgan fingerprint density at radius 1 is 1.18 bits per heavy atom. The lowest BCUT2D eigenvalue weighted by Crippen LogP contribution is -2.28. The molecule has 0 saturated carbocycles. The van der Waals surface area contributed by atoms with E-state index in [1.54, 1.807) is 18.2 Å². The maximum Gasteiger partial charge on any atom is 0.255 e. The molecule has 1 amide bonds. The van der Waals surface area contributed by atoms with Crippen LogP contribution in [0.5, 0.6) is 5.75 Å². The number of hydrogen-bond acceptors (Lipinski definition) is 2. The molecule has 0 aliphatic rings. The van der Waals surface area contributed by atoms with Crippen LogP contribution >= 0.6 is 22.6 Å². The van der Waals surface area contributed by atoms with Gasteiger partial charge in [-0.2, -0.15) is 0 Å². The number of alkyl halides is 2. The van der Waals surface area contributed by atoms with Crippen LogP contribution in [-0.2, 0) is 6.61 Å². The van der Waals surface area contributed by atoms with E-state index in [9.17, 15) is 13.6 Å². The molecule has 0 aliphatic carbocycles. The van der Waals surface area contributed by atoms with Crippen molar-refractivity contribution < 1.29 is 18.3 Å². The van der Waals surface area contributed by atoms with Crippen molar-refractivity contribution in [3.8, 4) is 5.75 Å². The summed E-state index contributed by atoms with van der Waals surface area (Å²) in [6, 6.07) is 14.5. The first kappa shape index (κ1) is 16.7. The highest BCUT2D eigenvalue weighted by atomic mass is 127. The topological polar surface area (TPSA) is 38.3 Å². The van der Waals surface area contributed by atoms with E-state index in [2.05, 4.69) is 27.9 Å². The van der Waals surface area contributed by atoms with Crippen LogP contribution in [0.25, 0.3) is 0 Å². The SMILES string of the molecule is O=C(NCC(F)F)c1ccc(OCc2ccccc2)c(I)c1. The number of hydrogen-bond donors (Lipinski definition) is 1. The molecule has 0 bridgehead atoms. The first-order chi connectivity index (χ1) is 10.6. The number of amides is 1. The summed E-state index contributed by atoms with van der Waals surface area (Å²) in [7, 11) is 0. The molecule has 0 fully saturated rings. The largest absolute Gasteiger partial charge is 0.488 e. The smallest absolute Gasteiger partial charge is 0.255 e. The van der Waals surface area contributed by atoms with E-state index >= 15 is 0 Å². The van der Waals surface area contributed by atoms with Crippen molar-refractivity contribution >= 4 is 28.5 Å². The fraction of sp³-hybridized carbons (Fsp3) is 0.188. The van der Waals surface area contributed by atoms with Gasteiger partial charge in [-0.05, 0) is 46.4 Å². The molecule has 0 heterocycles. The normalized spacial score (nSPS) is 10.5. The van der Waals surface area contributed by atoms with Gasteiger partial charge in [0.05, 0.1) is 10.1 Å². The Hall–Kier alpha value is -1.70. The number of rotatable bonds is 6. The van der Waals surface area contributed by atoms with Gasteiger partial charge >= 0.3 is 0 Å². The second-order valence-electron chi connectivity index (χ2n) is 4.52. The predicted octanol–water partition coefficient (Wildman–Crippen LogP) is 3.87. The Kier molecular flexibility index (Phi) is 6.11. The Morgan fingerprint density at radius 3 is 2.55 bits per heavy atom. The lowest BCUT2D eigenvalue weighted by Gasteiger charge is -2.10. The number of nitrogens with one attached hydrogen (secondary N) is 1. The first-order valence-electron chi connectivity index (χ1n) is 6.59. The van der Waals surface area contributed by atoms with Gasteiger partial charge in [-0.15, -0.1) is 0 Å². The number of benzene rings is 2. The quantitative estimate of drug-likeness (QED) is 0.726. The zero-order valence-electron chi connectivity index (χ0n) is 11.6. The Balaban J connectivity index is 1.98. The van der Waals surface area contributed by atoms with Crippen LogP contribution in [0.1, 0.15) is 15.9 Å². The predicted molar refractivity (Wildman–Crippen MR) is 88.3 cm³/mol. The van der Waals surface area contributed by atoms with Gasteiger partial charge in [0.25, 0.3) is 12.3 Å². The van der Waals surface area contributed by atoms with E-state index in [4.69, 9.17) is 4.74 Å². The summed E-state index contributed by atoms with van der Waals surface area (Å²) in [5.74, 6) is 0.127. The highest BCUT2D eigenvalue weighted by molar-refractivity contribution is 14.1. The van der Waals surface area contributed by atoms with Gasteiger partial charge in [-0.3, -0.25) is 4.79 Å². The fourth-order valence-electron chi connectivity index (χ4n) is 1.77. The number of halogens is 3. The Bertz CT molecular complexity index is 635. The second kappa shape index (κ2) is 8.07. The molecule has 2 rings (SSSR count). The van der Waals surface area contributed by atoms with Crippen LogP contribution < -0.4 is 10.1 Å². The summed E-state index contributed by atoms with van der Waals surface area (Å²) in [4.78, 5) is 11.7. The molecule has 0 unspecified atom stereocenters. The highest BCUT2D eigenvalue weighted by Gasteiger charge is 2.11. The van der Waals surface area contributed by atoms with Crippen LogP contribution in [0.4, 0.5) is 8.78 Å². The van der Waals surface area contributed by atoms with Gasteiger partial charge in [-0.25, -0.2) is 8.78 Å². The van der Waals surface area contributed by atoms with Crippen molar-refractivity contribution in [1.29, 1.82) is 0 Å². The van der Waals surface area contributed by atoms with Gasteiger partial charge in [0.1, 0.15) is 12.4 Å². The number of carbonyl (C=O) groups excluding carboxylic acids is 1. The van der Waals surface area contributed by atoms with Crippen molar-refractivity contribution in [1.82, 2.24) is 5.32 Å². The van der Waals surface area contributed by atoms with Crippen LogP contribution in [0.2, 0.25) is 0 Å². The maximum absolute atomic E-state index is 12.1. The molecule has 0 aliphatic heterocycles. The number of ether oxygens (including phenoxy) is 1. The molecular formula is C16H14F2INO2. The van der Waals surface area contributed by atoms with Gasteiger partial charge in [0, 0.05) is 5.56 Å². The molecule has 22 heavy (non-hydrogen) atoms. The molecule has 0 radical (unpaired) electrons. The van der Waals surface area contributed by atoms with Crippen LogP contribution in [-0.4, -0.2) is 18.9 Å². The monoisotopic (exact) mass is 417 g/mol. The molecule has 0 atom stereocenters. The molecular weight excluding hydrogens is 403 g/mol. The molecule has 2 aromatic rings. The van der Waals surface area contributed by atoms with Crippen LogP contribution in [0.15, 0.2) is 48.5 Å². The van der Waals surface area contributed by atoms with Crippen LogP contribution in [0, 0.1) is 3.57 Å². The molecule has 116 valence electrons. The summed E-state index contributed by atoms with van der Waals surface area (Å²) >= 11 is 2.05. The lowest BCUT2D eigenvalue weighted by atomic mass is 10.2. The van der Waals surface area contributed by atoms with Gasteiger partial charge in [0.15, 0.2) is 0 Å². The van der Waals surface area contributed by atoms with Crippen molar-refractivity contribution in [2.75, 3.05) is 6.54 Å². The van der Waals surface area contributed by atoms with Gasteiger partial charge in [0.2, 0.25) is 0 Å². The third-order valence-electron chi connectivity index (χ3n) is 2.85.